The quantitative estimate of drug-likeness (QED) is 0.501. The Morgan fingerprint density at radius 1 is 1.86 bits per heavy atom. The molecule has 2 N–H and O–H groups in total. The molecule has 0 fully saturated rings. The van der Waals surface area contributed by atoms with E-state index in [0.29, 0.717) is 6.04 Å². The van der Waals surface area contributed by atoms with E-state index in [9.17, 15) is 0 Å². The van der Waals surface area contributed by atoms with Gasteiger partial charge in [-0.15, -0.1) is 0 Å². The second-order valence-corrected chi connectivity index (χ2v) is 1.63. The average molecular weight is 100 g/mol. The fourth-order valence-electron chi connectivity index (χ4n) is 0.295. The summed E-state index contributed by atoms with van der Waals surface area (Å²) in [6, 6.07) is 0.456. The lowest BCUT2D eigenvalue weighted by Crippen LogP contribution is -2.20. The molecule has 0 aromatic carbocycles. The molecule has 0 spiro atoms. The Morgan fingerprint density at radius 2 is 2.43 bits per heavy atom. The van der Waals surface area contributed by atoms with Crippen LogP contribution in [-0.4, -0.2) is 19.3 Å². The van der Waals surface area contributed by atoms with Crippen LogP contribution in [0.4, 0.5) is 0 Å². The van der Waals surface area contributed by atoms with Gasteiger partial charge in [0.15, 0.2) is 0 Å². The van der Waals surface area contributed by atoms with Gasteiger partial charge in [0.25, 0.3) is 0 Å². The summed E-state index contributed by atoms with van der Waals surface area (Å²) in [5.74, 6) is 0. The third-order valence-electron chi connectivity index (χ3n) is 0.964. The van der Waals surface area contributed by atoms with Gasteiger partial charge < -0.3 is 10.7 Å². The van der Waals surface area contributed by atoms with Gasteiger partial charge in [-0.2, -0.15) is 0 Å². The van der Waals surface area contributed by atoms with E-state index in [1.54, 1.807) is 0 Å². The first-order valence-corrected chi connectivity index (χ1v) is 2.47. The molecule has 0 saturated carbocycles. The molecular formula is C5H12N2. The minimum absolute atomic E-state index is 0.456. The maximum absolute atomic E-state index is 6.67. The van der Waals surface area contributed by atoms with Crippen LogP contribution in [0, 0.1) is 5.41 Å². The van der Waals surface area contributed by atoms with Gasteiger partial charge in [-0.1, -0.05) is 0 Å². The molecule has 0 bridgehead atoms. The van der Waals surface area contributed by atoms with Crippen LogP contribution in [0.2, 0.25) is 0 Å². The van der Waals surface area contributed by atoms with Gasteiger partial charge in [-0.05, 0) is 26.6 Å². The SMILES string of the molecule is CN[C@@H](C)CC=N. The highest BCUT2D eigenvalue weighted by atomic mass is 14.8. The molecule has 2 nitrogen and oxygen atoms in total. The second-order valence-electron chi connectivity index (χ2n) is 1.63. The smallest absolute Gasteiger partial charge is 0.00849 e. The normalized spacial score (nSPS) is 13.4. The highest BCUT2D eigenvalue weighted by molar-refractivity contribution is 5.53. The first kappa shape index (κ1) is 6.63. The highest BCUT2D eigenvalue weighted by Crippen LogP contribution is 1.81. The molecule has 2 heteroatoms. The van der Waals surface area contributed by atoms with E-state index in [2.05, 4.69) is 5.32 Å². The average Bonchev–Trinajstić information content (AvgIpc) is 1.68. The fraction of sp³-hybridized carbons (Fsp3) is 0.800. The summed E-state index contributed by atoms with van der Waals surface area (Å²) < 4.78 is 0. The predicted molar refractivity (Wildman–Crippen MR) is 31.9 cm³/mol. The molecule has 0 unspecified atom stereocenters. The third-order valence-corrected chi connectivity index (χ3v) is 0.964. The van der Waals surface area contributed by atoms with Gasteiger partial charge >= 0.3 is 0 Å². The third kappa shape index (κ3) is 3.46. The van der Waals surface area contributed by atoms with Gasteiger partial charge in [-0.25, -0.2) is 0 Å². The van der Waals surface area contributed by atoms with Crippen molar-refractivity contribution >= 4 is 6.21 Å². The van der Waals surface area contributed by atoms with Gasteiger partial charge in [0.1, 0.15) is 0 Å². The van der Waals surface area contributed by atoms with Crippen molar-refractivity contribution in [1.82, 2.24) is 5.32 Å². The Kier molecular flexibility index (Phi) is 3.61. The Bertz CT molecular complexity index is 52.0. The van der Waals surface area contributed by atoms with Crippen molar-refractivity contribution in [2.24, 2.45) is 0 Å². The number of rotatable bonds is 3. The van der Waals surface area contributed by atoms with Crippen LogP contribution in [0.25, 0.3) is 0 Å². The molecular weight excluding hydrogens is 88.1 g/mol. The maximum Gasteiger partial charge on any atom is 0.00849 e. The van der Waals surface area contributed by atoms with E-state index >= 15 is 0 Å². The van der Waals surface area contributed by atoms with Crippen LogP contribution in [0.5, 0.6) is 0 Å². The van der Waals surface area contributed by atoms with Crippen LogP contribution in [0.1, 0.15) is 13.3 Å². The molecule has 0 aliphatic carbocycles. The topological polar surface area (TPSA) is 35.9 Å². The molecule has 0 aliphatic heterocycles. The summed E-state index contributed by atoms with van der Waals surface area (Å²) in [7, 11) is 1.90. The van der Waals surface area contributed by atoms with Crippen molar-refractivity contribution in [2.75, 3.05) is 7.05 Å². The monoisotopic (exact) mass is 100 g/mol. The first-order valence-electron chi connectivity index (χ1n) is 2.47. The van der Waals surface area contributed by atoms with E-state index in [-0.39, 0.29) is 0 Å². The van der Waals surface area contributed by atoms with E-state index in [0.717, 1.165) is 6.42 Å². The number of nitrogens with one attached hydrogen (secondary N) is 2. The molecule has 1 atom stereocenters. The van der Waals surface area contributed by atoms with Crippen molar-refractivity contribution in [2.45, 2.75) is 19.4 Å². The van der Waals surface area contributed by atoms with Crippen LogP contribution < -0.4 is 5.32 Å². The Balaban J connectivity index is 2.98. The summed E-state index contributed by atoms with van der Waals surface area (Å²) in [6.45, 7) is 2.05. The summed E-state index contributed by atoms with van der Waals surface area (Å²) >= 11 is 0. The van der Waals surface area contributed by atoms with Crippen molar-refractivity contribution in [3.05, 3.63) is 0 Å². The number of hydrogen-bond acceptors (Lipinski definition) is 2. The van der Waals surface area contributed by atoms with Crippen LogP contribution in [0.15, 0.2) is 0 Å². The molecule has 0 amide bonds. The summed E-state index contributed by atoms with van der Waals surface area (Å²) in [5.41, 5.74) is 0. The zero-order chi connectivity index (χ0) is 5.70. The Morgan fingerprint density at radius 3 is 2.57 bits per heavy atom. The van der Waals surface area contributed by atoms with Crippen molar-refractivity contribution in [1.29, 1.82) is 5.41 Å². The lowest BCUT2D eigenvalue weighted by atomic mass is 10.3. The lowest BCUT2D eigenvalue weighted by molar-refractivity contribution is 0.637. The van der Waals surface area contributed by atoms with Gasteiger partial charge in [0.2, 0.25) is 0 Å². The first-order chi connectivity index (χ1) is 3.31. The fourth-order valence-corrected chi connectivity index (χ4v) is 0.295. The minimum atomic E-state index is 0.456. The lowest BCUT2D eigenvalue weighted by Gasteiger charge is -2.02. The molecule has 0 rings (SSSR count). The van der Waals surface area contributed by atoms with Gasteiger partial charge in [-0.3, -0.25) is 0 Å². The maximum atomic E-state index is 6.67. The molecule has 0 radical (unpaired) electrons. The van der Waals surface area contributed by atoms with E-state index in [1.165, 1.54) is 6.21 Å². The molecule has 0 aromatic heterocycles. The molecule has 0 saturated heterocycles. The van der Waals surface area contributed by atoms with Gasteiger partial charge in [0.05, 0.1) is 0 Å². The summed E-state index contributed by atoms with van der Waals surface area (Å²) in [4.78, 5) is 0. The van der Waals surface area contributed by atoms with Crippen molar-refractivity contribution in [3.63, 3.8) is 0 Å². The summed E-state index contributed by atoms with van der Waals surface area (Å²) in [6.07, 6.45) is 2.25. The Labute approximate surface area is 44.4 Å². The predicted octanol–water partition coefficient (Wildman–Crippen LogP) is 0.634. The molecule has 7 heavy (non-hydrogen) atoms. The molecule has 0 aromatic rings. The highest BCUT2D eigenvalue weighted by Gasteiger charge is 1.89. The zero-order valence-electron chi connectivity index (χ0n) is 4.86. The van der Waals surface area contributed by atoms with Crippen LogP contribution in [-0.2, 0) is 0 Å². The van der Waals surface area contributed by atoms with Crippen LogP contribution in [0.3, 0.4) is 0 Å². The van der Waals surface area contributed by atoms with Gasteiger partial charge in [0, 0.05) is 6.04 Å². The van der Waals surface area contributed by atoms with E-state index < -0.39 is 0 Å². The number of hydrogen-bond donors (Lipinski definition) is 2. The minimum Gasteiger partial charge on any atom is -0.317 e. The van der Waals surface area contributed by atoms with Crippen LogP contribution >= 0.6 is 0 Å². The Hall–Kier alpha value is -0.370. The summed E-state index contributed by atoms with van der Waals surface area (Å²) in [5, 5.41) is 9.69. The zero-order valence-corrected chi connectivity index (χ0v) is 4.86. The van der Waals surface area contributed by atoms with E-state index in [1.807, 2.05) is 14.0 Å². The molecule has 0 heterocycles. The molecule has 0 aliphatic rings. The second kappa shape index (κ2) is 3.81. The largest absolute Gasteiger partial charge is 0.317 e. The standard InChI is InChI=1S/C5H12N2/c1-5(7-2)3-4-6/h4-7H,3H2,1-2H3/t5-/m0/s1. The van der Waals surface area contributed by atoms with Crippen molar-refractivity contribution < 1.29 is 0 Å². The van der Waals surface area contributed by atoms with E-state index in [4.69, 9.17) is 5.41 Å². The van der Waals surface area contributed by atoms with Crippen molar-refractivity contribution in [3.8, 4) is 0 Å². The molecule has 42 valence electrons.